The van der Waals surface area contributed by atoms with Crippen molar-refractivity contribution in [2.75, 3.05) is 26.7 Å². The maximum atomic E-state index is 11.5. The molecule has 0 bridgehead atoms. The van der Waals surface area contributed by atoms with E-state index in [2.05, 4.69) is 22.7 Å². The second-order valence-electron chi connectivity index (χ2n) is 6.27. The molecule has 0 spiro atoms. The van der Waals surface area contributed by atoms with Crippen LogP contribution in [0.2, 0.25) is 0 Å². The molecule has 0 radical (unpaired) electrons. The van der Waals surface area contributed by atoms with E-state index in [-0.39, 0.29) is 23.6 Å². The van der Waals surface area contributed by atoms with Crippen LogP contribution in [0.4, 0.5) is 4.79 Å². The highest BCUT2D eigenvalue weighted by atomic mass is 16.5. The number of rotatable bonds is 6. The molecule has 3 N–H and O–H groups in total. The molecule has 1 aliphatic heterocycles. The molecule has 8 heteroatoms. The average molecular weight is 324 g/mol. The van der Waals surface area contributed by atoms with E-state index in [1.807, 2.05) is 0 Å². The average Bonchev–Trinajstić information content (AvgIpc) is 2.99. The van der Waals surface area contributed by atoms with E-state index < -0.39 is 6.09 Å². The minimum absolute atomic E-state index is 0.0909. The molecule has 1 fully saturated rings. The molecule has 23 heavy (non-hydrogen) atoms. The fraction of sp³-hybridized carbons (Fsp3) is 0.667. The normalized spacial score (nSPS) is 16.8. The van der Waals surface area contributed by atoms with Crippen LogP contribution in [0.5, 0.6) is 0 Å². The molecule has 1 saturated heterocycles. The smallest absolute Gasteiger partial charge is 0.407 e. The summed E-state index contributed by atoms with van der Waals surface area (Å²) >= 11 is 0. The van der Waals surface area contributed by atoms with Gasteiger partial charge >= 0.3 is 6.09 Å². The van der Waals surface area contributed by atoms with Gasteiger partial charge in [-0.2, -0.15) is 0 Å². The topological polar surface area (TPSA) is 108 Å². The van der Waals surface area contributed by atoms with Crippen LogP contribution >= 0.6 is 0 Å². The monoisotopic (exact) mass is 324 g/mol. The van der Waals surface area contributed by atoms with Crippen molar-refractivity contribution >= 4 is 12.0 Å². The molecule has 0 atom stereocenters. The Bertz CT molecular complexity index is 551. The van der Waals surface area contributed by atoms with Crippen molar-refractivity contribution in [1.82, 2.24) is 20.7 Å². The third kappa shape index (κ3) is 4.69. The van der Waals surface area contributed by atoms with Crippen LogP contribution < -0.4 is 10.6 Å². The molecule has 0 aliphatic carbocycles. The third-order valence-electron chi connectivity index (χ3n) is 4.43. The summed E-state index contributed by atoms with van der Waals surface area (Å²) in [7, 11) is 1.50. The van der Waals surface area contributed by atoms with E-state index in [1.165, 1.54) is 18.0 Å². The summed E-state index contributed by atoms with van der Waals surface area (Å²) in [5.74, 6) is 0.00514. The molecular formula is C15H24N4O4. The summed E-state index contributed by atoms with van der Waals surface area (Å²) in [6.07, 6.45) is 1.89. The van der Waals surface area contributed by atoms with Crippen LogP contribution in [-0.2, 0) is 6.54 Å². The van der Waals surface area contributed by atoms with Gasteiger partial charge < -0.3 is 25.2 Å². The van der Waals surface area contributed by atoms with E-state index in [0.717, 1.165) is 32.4 Å². The number of carbonyl (C=O) groups is 2. The fourth-order valence-electron chi connectivity index (χ4n) is 2.74. The maximum Gasteiger partial charge on any atom is 0.407 e. The second-order valence-corrected chi connectivity index (χ2v) is 6.27. The van der Waals surface area contributed by atoms with Gasteiger partial charge in [-0.3, -0.25) is 4.79 Å². The highest BCUT2D eigenvalue weighted by molar-refractivity contribution is 5.91. The van der Waals surface area contributed by atoms with E-state index in [0.29, 0.717) is 12.3 Å². The molecular weight excluding hydrogens is 300 g/mol. The first-order chi connectivity index (χ1) is 10.9. The molecule has 0 saturated carbocycles. The van der Waals surface area contributed by atoms with Gasteiger partial charge in [-0.25, -0.2) is 4.79 Å². The summed E-state index contributed by atoms with van der Waals surface area (Å²) in [4.78, 5) is 24.2. The highest BCUT2D eigenvalue weighted by Gasteiger charge is 2.28. The number of carboxylic acid groups (broad SMARTS) is 1. The molecule has 8 nitrogen and oxygen atoms in total. The standard InChI is InChI=1S/C15H24N4O4/c1-15(3-6-17-7-4-15)5-8-19(14(21)22)10-11-9-12(18-23-11)13(20)16-2/h9,17H,3-8,10H2,1-2H3,(H,16,20)(H,21,22). The van der Waals surface area contributed by atoms with Crippen molar-refractivity contribution < 1.29 is 19.2 Å². The highest BCUT2D eigenvalue weighted by Crippen LogP contribution is 2.32. The van der Waals surface area contributed by atoms with Crippen molar-refractivity contribution in [3.8, 4) is 0 Å². The van der Waals surface area contributed by atoms with Crippen LogP contribution in [0.3, 0.4) is 0 Å². The third-order valence-corrected chi connectivity index (χ3v) is 4.43. The van der Waals surface area contributed by atoms with Gasteiger partial charge in [-0.05, 0) is 37.8 Å². The van der Waals surface area contributed by atoms with Crippen molar-refractivity contribution in [3.63, 3.8) is 0 Å². The number of piperidine rings is 1. The predicted molar refractivity (Wildman–Crippen MR) is 83.2 cm³/mol. The molecule has 1 aromatic rings. The van der Waals surface area contributed by atoms with Crippen molar-refractivity contribution in [2.45, 2.75) is 32.7 Å². The minimum Gasteiger partial charge on any atom is -0.465 e. The summed E-state index contributed by atoms with van der Waals surface area (Å²) in [6.45, 7) is 4.67. The van der Waals surface area contributed by atoms with Gasteiger partial charge in [-0.1, -0.05) is 12.1 Å². The summed E-state index contributed by atoms with van der Waals surface area (Å²) < 4.78 is 5.06. The fourth-order valence-corrected chi connectivity index (χ4v) is 2.74. The van der Waals surface area contributed by atoms with Gasteiger partial charge in [0.25, 0.3) is 5.91 Å². The lowest BCUT2D eigenvalue weighted by atomic mass is 9.78. The molecule has 1 aromatic heterocycles. The van der Waals surface area contributed by atoms with E-state index >= 15 is 0 Å². The first kappa shape index (κ1) is 17.3. The number of nitrogens with zero attached hydrogens (tertiary/aromatic N) is 2. The van der Waals surface area contributed by atoms with Crippen LogP contribution in [0, 0.1) is 5.41 Å². The zero-order chi connectivity index (χ0) is 16.9. The quantitative estimate of drug-likeness (QED) is 0.728. The summed E-state index contributed by atoms with van der Waals surface area (Å²) in [6, 6.07) is 1.47. The number of aromatic nitrogens is 1. The molecule has 128 valence electrons. The van der Waals surface area contributed by atoms with Gasteiger partial charge in [0.05, 0.1) is 6.54 Å². The Morgan fingerprint density at radius 2 is 2.17 bits per heavy atom. The molecule has 2 heterocycles. The van der Waals surface area contributed by atoms with Crippen molar-refractivity contribution in [2.24, 2.45) is 5.41 Å². The molecule has 1 aliphatic rings. The van der Waals surface area contributed by atoms with Crippen LogP contribution in [0.15, 0.2) is 10.6 Å². The van der Waals surface area contributed by atoms with Gasteiger partial charge in [-0.15, -0.1) is 0 Å². The van der Waals surface area contributed by atoms with E-state index in [1.54, 1.807) is 0 Å². The Morgan fingerprint density at radius 1 is 1.48 bits per heavy atom. The maximum absolute atomic E-state index is 11.5. The Kier molecular flexibility index (Phi) is 5.59. The SMILES string of the molecule is CNC(=O)c1cc(CN(CCC2(C)CCNCC2)C(=O)O)on1. The molecule has 2 rings (SSSR count). The van der Waals surface area contributed by atoms with Gasteiger partial charge in [0.2, 0.25) is 0 Å². The van der Waals surface area contributed by atoms with Crippen molar-refractivity contribution in [3.05, 3.63) is 17.5 Å². The second kappa shape index (κ2) is 7.45. The molecule has 0 aromatic carbocycles. The lowest BCUT2D eigenvalue weighted by molar-refractivity contribution is 0.0952. The van der Waals surface area contributed by atoms with Crippen LogP contribution in [0.1, 0.15) is 42.4 Å². The first-order valence-electron chi connectivity index (χ1n) is 7.80. The number of hydrogen-bond donors (Lipinski definition) is 3. The number of hydrogen-bond acceptors (Lipinski definition) is 5. The minimum atomic E-state index is -1.000. The Labute approximate surface area is 135 Å². The Hall–Kier alpha value is -2.09. The van der Waals surface area contributed by atoms with Gasteiger partial charge in [0.1, 0.15) is 0 Å². The predicted octanol–water partition coefficient (Wildman–Crippen LogP) is 1.29. The lowest BCUT2D eigenvalue weighted by Crippen LogP contribution is -2.38. The first-order valence-corrected chi connectivity index (χ1v) is 7.80. The molecule has 2 amide bonds. The summed E-state index contributed by atoms with van der Waals surface area (Å²) in [5.41, 5.74) is 0.311. The van der Waals surface area contributed by atoms with Gasteiger partial charge in [0, 0.05) is 19.7 Å². The zero-order valence-corrected chi connectivity index (χ0v) is 13.6. The van der Waals surface area contributed by atoms with E-state index in [9.17, 15) is 14.7 Å². The Morgan fingerprint density at radius 3 is 2.78 bits per heavy atom. The van der Waals surface area contributed by atoms with Crippen molar-refractivity contribution in [1.29, 1.82) is 0 Å². The number of carbonyl (C=O) groups excluding carboxylic acids is 1. The Balaban J connectivity index is 1.94. The lowest BCUT2D eigenvalue weighted by Gasteiger charge is -2.35. The van der Waals surface area contributed by atoms with Crippen LogP contribution in [-0.4, -0.2) is 53.8 Å². The van der Waals surface area contributed by atoms with Gasteiger partial charge in [0.15, 0.2) is 11.5 Å². The van der Waals surface area contributed by atoms with E-state index in [4.69, 9.17) is 4.52 Å². The largest absolute Gasteiger partial charge is 0.465 e. The number of amides is 2. The van der Waals surface area contributed by atoms with Crippen LogP contribution in [0.25, 0.3) is 0 Å². The summed E-state index contributed by atoms with van der Waals surface area (Å²) in [5, 5.41) is 18.8. The molecule has 0 unspecified atom stereocenters. The number of nitrogens with one attached hydrogen (secondary N) is 2. The zero-order valence-electron chi connectivity index (χ0n) is 13.6.